The van der Waals surface area contributed by atoms with Gasteiger partial charge < -0.3 is 10.2 Å². The molecule has 0 aliphatic carbocycles. The molecule has 0 heterocycles. The molecule has 0 saturated carbocycles. The van der Waals surface area contributed by atoms with Crippen molar-refractivity contribution in [2.45, 2.75) is 30.9 Å². The Morgan fingerprint density at radius 2 is 1.40 bits per heavy atom. The second-order valence-electron chi connectivity index (χ2n) is 3.59. The smallest absolute Gasteiger partial charge is 0.459 e. The van der Waals surface area contributed by atoms with Crippen molar-refractivity contribution in [3.05, 3.63) is 11.6 Å². The van der Waals surface area contributed by atoms with Crippen molar-refractivity contribution in [2.24, 2.45) is 0 Å². The quantitative estimate of drug-likeness (QED) is 0.584. The Hall–Kier alpha value is -1.81. The van der Waals surface area contributed by atoms with Crippen molar-refractivity contribution in [1.82, 2.24) is 0 Å². The Balaban J connectivity index is 5.27. The molecular formula is C9H7F7O4. The number of alkyl halides is 7. The van der Waals surface area contributed by atoms with Crippen LogP contribution in [0.3, 0.4) is 0 Å². The molecule has 20 heavy (non-hydrogen) atoms. The largest absolute Gasteiger partial charge is 0.481 e. The van der Waals surface area contributed by atoms with Gasteiger partial charge in [0.1, 0.15) is 0 Å². The Bertz CT molecular complexity index is 425. The van der Waals surface area contributed by atoms with Gasteiger partial charge in [-0.15, -0.1) is 0 Å². The zero-order valence-corrected chi connectivity index (χ0v) is 9.35. The third-order valence-corrected chi connectivity index (χ3v) is 2.04. The van der Waals surface area contributed by atoms with Gasteiger partial charge in [0.2, 0.25) is 0 Å². The minimum atomic E-state index is -6.53. The minimum Gasteiger partial charge on any atom is -0.481 e. The first-order valence-corrected chi connectivity index (χ1v) is 4.69. The van der Waals surface area contributed by atoms with Crippen molar-refractivity contribution < 1.29 is 50.5 Å². The zero-order valence-electron chi connectivity index (χ0n) is 9.35. The number of carbonyl (C=O) groups is 2. The highest BCUT2D eigenvalue weighted by Crippen LogP contribution is 2.48. The Kier molecular flexibility index (Phi) is 5.16. The van der Waals surface area contributed by atoms with Gasteiger partial charge in [-0.2, -0.15) is 30.7 Å². The van der Waals surface area contributed by atoms with E-state index in [1.54, 1.807) is 0 Å². The third-order valence-electron chi connectivity index (χ3n) is 2.04. The highest BCUT2D eigenvalue weighted by atomic mass is 19.4. The second kappa shape index (κ2) is 5.67. The van der Waals surface area contributed by atoms with E-state index in [0.29, 0.717) is 0 Å². The number of halogens is 7. The fraction of sp³-hybridized carbons (Fsp3) is 0.556. The summed E-state index contributed by atoms with van der Waals surface area (Å²) in [5.74, 6) is -15.8. The number of hydrogen-bond donors (Lipinski definition) is 2. The Morgan fingerprint density at radius 1 is 0.950 bits per heavy atom. The SMILES string of the molecule is O=C(O)CC(=CCC(F)(F)C(F)(F)C(F)(F)F)C(=O)O. The standard InChI is InChI=1S/C9H7F7O4/c10-7(11,8(12,13)9(14,15)16)2-1-4(6(19)20)3-5(17)18/h1H,2-3H2,(H,17,18)(H,19,20). The van der Waals surface area contributed by atoms with Crippen LogP contribution < -0.4 is 0 Å². The van der Waals surface area contributed by atoms with Gasteiger partial charge in [0.05, 0.1) is 6.42 Å². The summed E-state index contributed by atoms with van der Waals surface area (Å²) in [6.07, 6.45) is -10.3. The van der Waals surface area contributed by atoms with Crippen molar-refractivity contribution in [1.29, 1.82) is 0 Å². The van der Waals surface area contributed by atoms with Gasteiger partial charge in [-0.05, 0) is 0 Å². The Labute approximate surface area is 106 Å². The molecule has 0 saturated heterocycles. The van der Waals surface area contributed by atoms with Crippen LogP contribution in [0.1, 0.15) is 12.8 Å². The van der Waals surface area contributed by atoms with Gasteiger partial charge in [0.25, 0.3) is 0 Å². The predicted octanol–water partition coefficient (Wildman–Crippen LogP) is 2.70. The molecule has 0 fully saturated rings. The van der Waals surface area contributed by atoms with Crippen LogP contribution in [0.5, 0.6) is 0 Å². The van der Waals surface area contributed by atoms with Crippen molar-refractivity contribution in [3.63, 3.8) is 0 Å². The predicted molar refractivity (Wildman–Crippen MR) is 48.5 cm³/mol. The Morgan fingerprint density at radius 3 is 1.70 bits per heavy atom. The van der Waals surface area contributed by atoms with Crippen LogP contribution >= 0.6 is 0 Å². The average Bonchev–Trinajstić information content (AvgIpc) is 2.21. The van der Waals surface area contributed by atoms with Crippen LogP contribution in [0, 0.1) is 0 Å². The topological polar surface area (TPSA) is 74.6 Å². The van der Waals surface area contributed by atoms with Crippen LogP contribution in [-0.2, 0) is 9.59 Å². The van der Waals surface area contributed by atoms with E-state index in [1.165, 1.54) is 0 Å². The normalized spacial score (nSPS) is 14.2. The molecule has 0 aliphatic rings. The third kappa shape index (κ3) is 4.10. The summed E-state index contributed by atoms with van der Waals surface area (Å²) in [6, 6.07) is 0. The number of aliphatic carboxylic acids is 2. The molecule has 4 nitrogen and oxygen atoms in total. The lowest BCUT2D eigenvalue weighted by molar-refractivity contribution is -0.353. The lowest BCUT2D eigenvalue weighted by Gasteiger charge is -2.27. The van der Waals surface area contributed by atoms with Gasteiger partial charge in [0, 0.05) is 12.0 Å². The second-order valence-corrected chi connectivity index (χ2v) is 3.59. The first-order chi connectivity index (χ1) is 8.72. The van der Waals surface area contributed by atoms with Gasteiger partial charge in [-0.25, -0.2) is 4.79 Å². The van der Waals surface area contributed by atoms with E-state index in [1.807, 2.05) is 0 Å². The molecule has 0 aromatic carbocycles. The summed E-state index contributed by atoms with van der Waals surface area (Å²) in [5.41, 5.74) is -1.23. The number of rotatable bonds is 6. The molecule has 0 aliphatic heterocycles. The molecule has 116 valence electrons. The monoisotopic (exact) mass is 312 g/mol. The molecule has 0 rings (SSSR count). The maximum absolute atomic E-state index is 12.8. The first kappa shape index (κ1) is 18.2. The van der Waals surface area contributed by atoms with E-state index in [4.69, 9.17) is 10.2 Å². The summed E-state index contributed by atoms with van der Waals surface area (Å²) in [7, 11) is 0. The number of carboxylic acid groups (broad SMARTS) is 2. The van der Waals surface area contributed by atoms with Gasteiger partial charge in [0.15, 0.2) is 0 Å². The maximum atomic E-state index is 12.8. The number of hydrogen-bond acceptors (Lipinski definition) is 2. The highest BCUT2D eigenvalue weighted by Gasteiger charge is 2.72. The molecule has 11 heteroatoms. The first-order valence-electron chi connectivity index (χ1n) is 4.69. The van der Waals surface area contributed by atoms with Crippen LogP contribution in [0.4, 0.5) is 30.7 Å². The van der Waals surface area contributed by atoms with Crippen LogP contribution in [-0.4, -0.2) is 40.2 Å². The molecule has 0 spiro atoms. The molecular weight excluding hydrogens is 305 g/mol. The maximum Gasteiger partial charge on any atom is 0.459 e. The fourth-order valence-corrected chi connectivity index (χ4v) is 0.985. The lowest BCUT2D eigenvalue weighted by atomic mass is 10.0. The highest BCUT2D eigenvalue weighted by molar-refractivity contribution is 5.92. The van der Waals surface area contributed by atoms with E-state index >= 15 is 0 Å². The van der Waals surface area contributed by atoms with Crippen molar-refractivity contribution >= 4 is 11.9 Å². The van der Waals surface area contributed by atoms with E-state index in [9.17, 15) is 40.3 Å². The summed E-state index contributed by atoms with van der Waals surface area (Å²) in [4.78, 5) is 20.6. The molecule has 2 N–H and O–H groups in total. The summed E-state index contributed by atoms with van der Waals surface area (Å²) < 4.78 is 85.8. The van der Waals surface area contributed by atoms with Crippen LogP contribution in [0.25, 0.3) is 0 Å². The van der Waals surface area contributed by atoms with Crippen LogP contribution in [0.2, 0.25) is 0 Å². The van der Waals surface area contributed by atoms with Gasteiger partial charge in [-0.1, -0.05) is 6.08 Å². The molecule has 0 radical (unpaired) electrons. The van der Waals surface area contributed by atoms with E-state index in [-0.39, 0.29) is 6.08 Å². The average molecular weight is 312 g/mol. The number of allylic oxidation sites excluding steroid dienone is 1. The summed E-state index contributed by atoms with van der Waals surface area (Å²) >= 11 is 0. The summed E-state index contributed by atoms with van der Waals surface area (Å²) in [5, 5.41) is 16.6. The number of carboxylic acids is 2. The zero-order chi connectivity index (χ0) is 16.4. The molecule has 0 unspecified atom stereocenters. The molecule has 0 bridgehead atoms. The van der Waals surface area contributed by atoms with Crippen LogP contribution in [0.15, 0.2) is 11.6 Å². The minimum absolute atomic E-state index is 0.171. The van der Waals surface area contributed by atoms with E-state index in [0.717, 1.165) is 0 Å². The molecule has 0 aromatic rings. The molecule has 0 atom stereocenters. The van der Waals surface area contributed by atoms with E-state index in [2.05, 4.69) is 0 Å². The van der Waals surface area contributed by atoms with Gasteiger partial charge >= 0.3 is 30.0 Å². The fourth-order valence-electron chi connectivity index (χ4n) is 0.985. The van der Waals surface area contributed by atoms with Crippen molar-refractivity contribution in [2.75, 3.05) is 0 Å². The van der Waals surface area contributed by atoms with E-state index < -0.39 is 48.4 Å². The lowest BCUT2D eigenvalue weighted by Crippen LogP contribution is -2.51. The molecule has 0 aromatic heterocycles. The molecule has 0 amide bonds. The van der Waals surface area contributed by atoms with Gasteiger partial charge in [-0.3, -0.25) is 4.79 Å². The van der Waals surface area contributed by atoms with Crippen molar-refractivity contribution in [3.8, 4) is 0 Å². The summed E-state index contributed by atoms with van der Waals surface area (Å²) in [6.45, 7) is 0.